The molecule has 5 nitrogen and oxygen atoms in total. The van der Waals surface area contributed by atoms with Crippen molar-refractivity contribution in [2.45, 2.75) is 32.9 Å². The molecule has 17 heavy (non-hydrogen) atoms. The van der Waals surface area contributed by atoms with Gasteiger partial charge in [-0.25, -0.2) is 0 Å². The lowest BCUT2D eigenvalue weighted by Crippen LogP contribution is -2.13. The summed E-state index contributed by atoms with van der Waals surface area (Å²) in [4.78, 5) is 0. The van der Waals surface area contributed by atoms with E-state index in [1.165, 1.54) is 0 Å². The van der Waals surface area contributed by atoms with Gasteiger partial charge in [0.15, 0.2) is 0 Å². The monoisotopic (exact) mass is 234 g/mol. The first-order valence-electron chi connectivity index (χ1n) is 5.83. The summed E-state index contributed by atoms with van der Waals surface area (Å²) >= 11 is 0. The third-order valence-electron chi connectivity index (χ3n) is 2.78. The molecule has 0 radical (unpaired) electrons. The van der Waals surface area contributed by atoms with Crippen LogP contribution in [0.3, 0.4) is 0 Å². The lowest BCUT2D eigenvalue weighted by atomic mass is 10.1. The number of nitrogens with zero attached hydrogens (tertiary/aromatic N) is 4. The molecule has 0 amide bonds. The minimum atomic E-state index is -0.671. The van der Waals surface area contributed by atoms with Crippen LogP contribution in [-0.2, 0) is 13.6 Å². The normalized spacial score (nSPS) is 12.9. The van der Waals surface area contributed by atoms with Crippen molar-refractivity contribution in [1.82, 2.24) is 19.6 Å². The molecule has 1 N–H and O–H groups in total. The molecule has 0 aromatic carbocycles. The van der Waals surface area contributed by atoms with Gasteiger partial charge in [-0.3, -0.25) is 9.36 Å². The van der Waals surface area contributed by atoms with Gasteiger partial charge in [-0.2, -0.15) is 10.2 Å². The second kappa shape index (κ2) is 4.71. The van der Waals surface area contributed by atoms with E-state index in [2.05, 4.69) is 17.1 Å². The van der Waals surface area contributed by atoms with Gasteiger partial charge in [0.25, 0.3) is 0 Å². The molecular formula is C12H18N4O. The Morgan fingerprint density at radius 3 is 2.76 bits per heavy atom. The van der Waals surface area contributed by atoms with Gasteiger partial charge in [-0.1, -0.05) is 6.92 Å². The summed E-state index contributed by atoms with van der Waals surface area (Å²) in [6, 6.07) is 3.75. The average molecular weight is 234 g/mol. The number of aliphatic hydroxyl groups is 1. The minimum absolute atomic E-state index is 0.671. The maximum Gasteiger partial charge on any atom is 0.137 e. The molecule has 0 aliphatic carbocycles. The standard InChI is InChI=1S/C12H18N4O/c1-4-7-16-10(5-6-13-16)12(17)11-8-9(2)14-15(11)3/h5-6,8,12,17H,4,7H2,1-3H3. The second-order valence-electron chi connectivity index (χ2n) is 4.22. The van der Waals surface area contributed by atoms with Crippen LogP contribution in [0.5, 0.6) is 0 Å². The molecule has 1 unspecified atom stereocenters. The Balaban J connectivity index is 2.33. The minimum Gasteiger partial charge on any atom is -0.380 e. The molecule has 0 aliphatic heterocycles. The van der Waals surface area contributed by atoms with Crippen molar-refractivity contribution in [3.63, 3.8) is 0 Å². The SMILES string of the molecule is CCCn1nccc1C(O)c1cc(C)nn1C. The van der Waals surface area contributed by atoms with E-state index >= 15 is 0 Å². The summed E-state index contributed by atoms with van der Waals surface area (Å²) in [7, 11) is 1.84. The Bertz CT molecular complexity index is 500. The van der Waals surface area contributed by atoms with Gasteiger partial charge in [0.2, 0.25) is 0 Å². The smallest absolute Gasteiger partial charge is 0.137 e. The van der Waals surface area contributed by atoms with Crippen LogP contribution in [0.25, 0.3) is 0 Å². The van der Waals surface area contributed by atoms with Crippen molar-refractivity contribution in [2.75, 3.05) is 0 Å². The van der Waals surface area contributed by atoms with Crippen LogP contribution in [0, 0.1) is 6.92 Å². The van der Waals surface area contributed by atoms with Gasteiger partial charge in [-0.05, 0) is 25.5 Å². The van der Waals surface area contributed by atoms with E-state index < -0.39 is 6.10 Å². The van der Waals surface area contributed by atoms with E-state index in [1.807, 2.05) is 30.8 Å². The number of rotatable bonds is 4. The van der Waals surface area contributed by atoms with E-state index in [9.17, 15) is 5.11 Å². The van der Waals surface area contributed by atoms with Crippen molar-refractivity contribution in [3.05, 3.63) is 35.4 Å². The Morgan fingerprint density at radius 1 is 1.41 bits per heavy atom. The maximum atomic E-state index is 10.4. The first kappa shape index (κ1) is 11.9. The molecule has 2 aromatic rings. The summed E-state index contributed by atoms with van der Waals surface area (Å²) in [6.45, 7) is 4.82. The largest absolute Gasteiger partial charge is 0.380 e. The van der Waals surface area contributed by atoms with Gasteiger partial charge in [0.05, 0.1) is 17.1 Å². The lowest BCUT2D eigenvalue weighted by Gasteiger charge is -2.13. The predicted octanol–water partition coefficient (Wildman–Crippen LogP) is 1.42. The fourth-order valence-electron chi connectivity index (χ4n) is 2.01. The second-order valence-corrected chi connectivity index (χ2v) is 4.22. The highest BCUT2D eigenvalue weighted by molar-refractivity contribution is 5.21. The quantitative estimate of drug-likeness (QED) is 0.870. The molecule has 0 fully saturated rings. The van der Waals surface area contributed by atoms with Gasteiger partial charge in [-0.15, -0.1) is 0 Å². The number of aliphatic hydroxyl groups excluding tert-OH is 1. The first-order chi connectivity index (χ1) is 8.13. The Labute approximate surface area is 101 Å². The molecule has 0 bridgehead atoms. The van der Waals surface area contributed by atoms with E-state index in [1.54, 1.807) is 10.9 Å². The molecule has 2 rings (SSSR count). The zero-order chi connectivity index (χ0) is 12.4. The van der Waals surface area contributed by atoms with Crippen molar-refractivity contribution in [3.8, 4) is 0 Å². The van der Waals surface area contributed by atoms with Gasteiger partial charge < -0.3 is 5.11 Å². The van der Waals surface area contributed by atoms with Crippen LogP contribution in [0.2, 0.25) is 0 Å². The first-order valence-corrected chi connectivity index (χ1v) is 5.83. The molecule has 0 aliphatic rings. The molecule has 92 valence electrons. The fourth-order valence-corrected chi connectivity index (χ4v) is 2.01. The lowest BCUT2D eigenvalue weighted by molar-refractivity contribution is 0.197. The molecular weight excluding hydrogens is 216 g/mol. The molecule has 2 aromatic heterocycles. The van der Waals surface area contributed by atoms with Crippen LogP contribution in [0.1, 0.15) is 36.5 Å². The Hall–Kier alpha value is -1.62. The fraction of sp³-hybridized carbons (Fsp3) is 0.500. The van der Waals surface area contributed by atoms with Crippen LogP contribution >= 0.6 is 0 Å². The van der Waals surface area contributed by atoms with Crippen molar-refractivity contribution < 1.29 is 5.11 Å². The summed E-state index contributed by atoms with van der Waals surface area (Å²) in [5, 5.41) is 18.8. The van der Waals surface area contributed by atoms with Crippen LogP contribution < -0.4 is 0 Å². The van der Waals surface area contributed by atoms with Crippen LogP contribution in [0.15, 0.2) is 18.3 Å². The summed E-state index contributed by atoms with van der Waals surface area (Å²) < 4.78 is 3.55. The Kier molecular flexibility index (Phi) is 3.28. The molecule has 0 saturated carbocycles. The van der Waals surface area contributed by atoms with E-state index in [4.69, 9.17) is 0 Å². The molecule has 0 spiro atoms. The molecule has 2 heterocycles. The topological polar surface area (TPSA) is 55.9 Å². The number of hydrogen-bond acceptors (Lipinski definition) is 3. The third-order valence-corrected chi connectivity index (χ3v) is 2.78. The van der Waals surface area contributed by atoms with Crippen LogP contribution in [0.4, 0.5) is 0 Å². The molecule has 0 saturated heterocycles. The number of aromatic nitrogens is 4. The molecule has 5 heteroatoms. The zero-order valence-corrected chi connectivity index (χ0v) is 10.5. The third kappa shape index (κ3) is 2.24. The highest BCUT2D eigenvalue weighted by Crippen LogP contribution is 2.21. The Morgan fingerprint density at radius 2 is 2.18 bits per heavy atom. The number of aryl methyl sites for hydroxylation is 3. The van der Waals surface area contributed by atoms with Gasteiger partial charge >= 0.3 is 0 Å². The van der Waals surface area contributed by atoms with Gasteiger partial charge in [0, 0.05) is 19.8 Å². The summed E-state index contributed by atoms with van der Waals surface area (Å²) in [6.07, 6.45) is 2.04. The molecule has 1 atom stereocenters. The van der Waals surface area contributed by atoms with Crippen molar-refractivity contribution in [1.29, 1.82) is 0 Å². The van der Waals surface area contributed by atoms with Gasteiger partial charge in [0.1, 0.15) is 6.10 Å². The summed E-state index contributed by atoms with van der Waals surface area (Å²) in [5.41, 5.74) is 2.51. The van der Waals surface area contributed by atoms with E-state index in [-0.39, 0.29) is 0 Å². The number of hydrogen-bond donors (Lipinski definition) is 1. The highest BCUT2D eigenvalue weighted by Gasteiger charge is 2.18. The van der Waals surface area contributed by atoms with Crippen molar-refractivity contribution in [2.24, 2.45) is 7.05 Å². The van der Waals surface area contributed by atoms with Crippen molar-refractivity contribution >= 4 is 0 Å². The zero-order valence-electron chi connectivity index (χ0n) is 10.5. The maximum absolute atomic E-state index is 10.4. The highest BCUT2D eigenvalue weighted by atomic mass is 16.3. The van der Waals surface area contributed by atoms with E-state index in [0.29, 0.717) is 0 Å². The van der Waals surface area contributed by atoms with E-state index in [0.717, 1.165) is 30.0 Å². The average Bonchev–Trinajstić information content (AvgIpc) is 2.85. The predicted molar refractivity (Wildman–Crippen MR) is 64.5 cm³/mol. The van der Waals surface area contributed by atoms with Crippen LogP contribution in [-0.4, -0.2) is 24.7 Å². The summed E-state index contributed by atoms with van der Waals surface area (Å²) in [5.74, 6) is 0.